The van der Waals surface area contributed by atoms with Gasteiger partial charge in [0.15, 0.2) is 0 Å². The Labute approximate surface area is 163 Å². The highest BCUT2D eigenvalue weighted by atomic mass is 16.5. The SMILES string of the molecule is CNC1=C(O)CCN(c2cc(-c3n[nH]c4cnc(OC(C)C)cc34)ccn2)C1. The maximum atomic E-state index is 9.98. The fourth-order valence-corrected chi connectivity index (χ4v) is 3.33. The molecule has 8 heteroatoms. The summed E-state index contributed by atoms with van der Waals surface area (Å²) in [5, 5.41) is 21.5. The van der Waals surface area contributed by atoms with E-state index in [2.05, 4.69) is 30.4 Å². The summed E-state index contributed by atoms with van der Waals surface area (Å²) in [6, 6.07) is 5.88. The van der Waals surface area contributed by atoms with Crippen LogP contribution in [0.15, 0.2) is 42.0 Å². The second kappa shape index (κ2) is 7.38. The zero-order valence-corrected chi connectivity index (χ0v) is 16.2. The van der Waals surface area contributed by atoms with Crippen molar-refractivity contribution in [3.8, 4) is 17.1 Å². The molecule has 4 heterocycles. The third-order valence-electron chi connectivity index (χ3n) is 4.74. The third-order valence-corrected chi connectivity index (χ3v) is 4.74. The molecule has 0 aliphatic carbocycles. The molecule has 3 N–H and O–H groups in total. The standard InChI is InChI=1S/C20H24N6O2/c1-12(2)28-19-9-14-15(10-23-19)24-25-20(14)13-4-6-22-18(8-13)26-7-5-17(27)16(11-26)21-3/h4,6,8-10,12,21,27H,5,7,11H2,1-3H3,(H,24,25). The predicted octanol–water partition coefficient (Wildman–Crippen LogP) is 3.01. The largest absolute Gasteiger partial charge is 0.510 e. The summed E-state index contributed by atoms with van der Waals surface area (Å²) >= 11 is 0. The van der Waals surface area contributed by atoms with Crippen molar-refractivity contribution in [2.75, 3.05) is 25.0 Å². The van der Waals surface area contributed by atoms with Gasteiger partial charge in [0.1, 0.15) is 17.3 Å². The van der Waals surface area contributed by atoms with Crippen LogP contribution in [0, 0.1) is 0 Å². The number of aromatic nitrogens is 4. The van der Waals surface area contributed by atoms with Gasteiger partial charge in [0.2, 0.25) is 5.88 Å². The molecular formula is C20H24N6O2. The van der Waals surface area contributed by atoms with Gasteiger partial charge in [-0.25, -0.2) is 9.97 Å². The number of nitrogens with zero attached hydrogens (tertiary/aromatic N) is 4. The summed E-state index contributed by atoms with van der Waals surface area (Å²) in [5.41, 5.74) is 3.47. The number of likely N-dealkylation sites (N-methyl/N-ethyl adjacent to an activating group) is 1. The minimum atomic E-state index is 0.0535. The molecule has 28 heavy (non-hydrogen) atoms. The number of pyridine rings is 2. The van der Waals surface area contributed by atoms with Gasteiger partial charge in [-0.05, 0) is 26.0 Å². The first-order valence-corrected chi connectivity index (χ1v) is 9.36. The Balaban J connectivity index is 1.68. The van der Waals surface area contributed by atoms with Crippen LogP contribution in [0.4, 0.5) is 5.82 Å². The Hall–Kier alpha value is -3.29. The molecule has 0 saturated heterocycles. The van der Waals surface area contributed by atoms with E-state index in [9.17, 15) is 5.11 Å². The lowest BCUT2D eigenvalue weighted by molar-refractivity contribution is 0.233. The van der Waals surface area contributed by atoms with Crippen molar-refractivity contribution in [1.29, 1.82) is 0 Å². The van der Waals surface area contributed by atoms with Crippen LogP contribution in [-0.2, 0) is 0 Å². The van der Waals surface area contributed by atoms with Crippen molar-refractivity contribution in [2.45, 2.75) is 26.4 Å². The molecule has 146 valence electrons. The van der Waals surface area contributed by atoms with E-state index in [1.54, 1.807) is 12.4 Å². The number of aliphatic hydroxyl groups excluding tert-OH is 1. The van der Waals surface area contributed by atoms with Gasteiger partial charge < -0.3 is 20.1 Å². The molecule has 0 amide bonds. The van der Waals surface area contributed by atoms with Crippen LogP contribution in [0.3, 0.4) is 0 Å². The highest BCUT2D eigenvalue weighted by Gasteiger charge is 2.20. The van der Waals surface area contributed by atoms with Gasteiger partial charge in [-0.3, -0.25) is 5.10 Å². The smallest absolute Gasteiger partial charge is 0.214 e. The van der Waals surface area contributed by atoms with Crippen molar-refractivity contribution in [3.05, 3.63) is 42.0 Å². The quantitative estimate of drug-likeness (QED) is 0.626. The van der Waals surface area contributed by atoms with E-state index in [-0.39, 0.29) is 6.10 Å². The molecule has 1 aliphatic heterocycles. The number of hydrogen-bond acceptors (Lipinski definition) is 7. The van der Waals surface area contributed by atoms with Crippen molar-refractivity contribution in [1.82, 2.24) is 25.5 Å². The molecule has 3 aromatic rings. The zero-order chi connectivity index (χ0) is 19.7. The fraction of sp³-hybridized carbons (Fsp3) is 0.350. The zero-order valence-electron chi connectivity index (χ0n) is 16.2. The molecule has 0 saturated carbocycles. The number of hydrogen-bond donors (Lipinski definition) is 3. The topological polar surface area (TPSA) is 99.2 Å². The molecule has 4 rings (SSSR count). The number of nitrogens with one attached hydrogen (secondary N) is 2. The summed E-state index contributed by atoms with van der Waals surface area (Å²) in [4.78, 5) is 11.0. The Morgan fingerprint density at radius 2 is 2.14 bits per heavy atom. The first-order chi connectivity index (χ1) is 13.5. The van der Waals surface area contributed by atoms with Gasteiger partial charge in [-0.15, -0.1) is 0 Å². The van der Waals surface area contributed by atoms with Crippen molar-refractivity contribution in [2.24, 2.45) is 0 Å². The van der Waals surface area contributed by atoms with E-state index in [4.69, 9.17) is 4.74 Å². The van der Waals surface area contributed by atoms with Crippen molar-refractivity contribution >= 4 is 16.7 Å². The third kappa shape index (κ3) is 3.45. The molecule has 1 aliphatic rings. The average molecular weight is 380 g/mol. The fourth-order valence-electron chi connectivity index (χ4n) is 3.33. The highest BCUT2D eigenvalue weighted by Crippen LogP contribution is 2.30. The first kappa shape index (κ1) is 18.1. The van der Waals surface area contributed by atoms with Crippen LogP contribution in [-0.4, -0.2) is 51.5 Å². The van der Waals surface area contributed by atoms with Gasteiger partial charge >= 0.3 is 0 Å². The van der Waals surface area contributed by atoms with E-state index in [1.165, 1.54) is 0 Å². The molecule has 0 aromatic carbocycles. The molecule has 0 bridgehead atoms. The molecule has 3 aromatic heterocycles. The summed E-state index contributed by atoms with van der Waals surface area (Å²) in [7, 11) is 1.82. The minimum absolute atomic E-state index is 0.0535. The minimum Gasteiger partial charge on any atom is -0.510 e. The molecular weight excluding hydrogens is 356 g/mol. The second-order valence-corrected chi connectivity index (χ2v) is 7.06. The van der Waals surface area contributed by atoms with E-state index >= 15 is 0 Å². The van der Waals surface area contributed by atoms with E-state index < -0.39 is 0 Å². The van der Waals surface area contributed by atoms with Gasteiger partial charge in [-0.1, -0.05) is 0 Å². The van der Waals surface area contributed by atoms with Crippen LogP contribution < -0.4 is 15.0 Å². The van der Waals surface area contributed by atoms with Crippen LogP contribution in [0.2, 0.25) is 0 Å². The number of H-pyrrole nitrogens is 1. The lowest BCUT2D eigenvalue weighted by atomic mass is 10.1. The summed E-state index contributed by atoms with van der Waals surface area (Å²) in [5.74, 6) is 1.84. The average Bonchev–Trinajstić information content (AvgIpc) is 3.11. The van der Waals surface area contributed by atoms with E-state index in [0.717, 1.165) is 33.7 Å². The Morgan fingerprint density at radius 1 is 1.29 bits per heavy atom. The Bertz CT molecular complexity index is 1030. The summed E-state index contributed by atoms with van der Waals surface area (Å²) < 4.78 is 5.73. The van der Waals surface area contributed by atoms with Gasteiger partial charge in [-0.2, -0.15) is 5.10 Å². The number of ether oxygens (including phenoxy) is 1. The Kier molecular flexibility index (Phi) is 4.77. The van der Waals surface area contributed by atoms with Crippen molar-refractivity contribution in [3.63, 3.8) is 0 Å². The van der Waals surface area contributed by atoms with E-state index in [1.807, 2.05) is 39.1 Å². The number of anilines is 1. The van der Waals surface area contributed by atoms with Crippen LogP contribution in [0.5, 0.6) is 5.88 Å². The van der Waals surface area contributed by atoms with Crippen LogP contribution >= 0.6 is 0 Å². The predicted molar refractivity (Wildman–Crippen MR) is 108 cm³/mol. The molecule has 0 spiro atoms. The van der Waals surface area contributed by atoms with Crippen LogP contribution in [0.1, 0.15) is 20.3 Å². The lowest BCUT2D eigenvalue weighted by Gasteiger charge is -2.29. The first-order valence-electron chi connectivity index (χ1n) is 9.36. The molecule has 8 nitrogen and oxygen atoms in total. The summed E-state index contributed by atoms with van der Waals surface area (Å²) in [6.07, 6.45) is 4.17. The maximum absolute atomic E-state index is 9.98. The molecule has 0 unspecified atom stereocenters. The van der Waals surface area contributed by atoms with E-state index in [0.29, 0.717) is 31.1 Å². The molecule has 0 fully saturated rings. The Morgan fingerprint density at radius 3 is 2.93 bits per heavy atom. The van der Waals surface area contributed by atoms with Gasteiger partial charge in [0.25, 0.3) is 0 Å². The normalized spacial score (nSPS) is 14.8. The monoisotopic (exact) mass is 380 g/mol. The molecule has 0 atom stereocenters. The maximum Gasteiger partial charge on any atom is 0.214 e. The number of fused-ring (bicyclic) bond motifs is 1. The lowest BCUT2D eigenvalue weighted by Crippen LogP contribution is -2.36. The van der Waals surface area contributed by atoms with Gasteiger partial charge in [0.05, 0.1) is 30.1 Å². The second-order valence-electron chi connectivity index (χ2n) is 7.06. The van der Waals surface area contributed by atoms with Gasteiger partial charge in [0, 0.05) is 43.2 Å². The van der Waals surface area contributed by atoms with Crippen molar-refractivity contribution < 1.29 is 9.84 Å². The number of aliphatic hydroxyl groups is 1. The number of rotatable bonds is 5. The highest BCUT2D eigenvalue weighted by molar-refractivity contribution is 5.93. The molecule has 0 radical (unpaired) electrons. The summed E-state index contributed by atoms with van der Waals surface area (Å²) in [6.45, 7) is 5.25. The number of aromatic amines is 1. The van der Waals surface area contributed by atoms with Crippen LogP contribution in [0.25, 0.3) is 22.2 Å².